The standard InChI is InChI=1S/C13H29N3O/c1-5-16(11-13(2,3)10-14)9-12-8-15(4)6-7-17-12/h12H,5-11,14H2,1-4H3. The molecule has 0 spiro atoms. The van der Waals surface area contributed by atoms with E-state index in [4.69, 9.17) is 10.5 Å². The molecule has 0 aromatic heterocycles. The number of nitrogens with zero attached hydrogens (tertiary/aromatic N) is 2. The smallest absolute Gasteiger partial charge is 0.0829 e. The third-order valence-corrected chi connectivity index (χ3v) is 3.46. The minimum absolute atomic E-state index is 0.191. The number of morpholine rings is 1. The number of ether oxygens (including phenoxy) is 1. The maximum absolute atomic E-state index is 5.81. The Balaban J connectivity index is 2.40. The minimum atomic E-state index is 0.191. The second kappa shape index (κ2) is 6.69. The summed E-state index contributed by atoms with van der Waals surface area (Å²) in [7, 11) is 2.16. The van der Waals surface area contributed by atoms with Gasteiger partial charge in [0.2, 0.25) is 0 Å². The zero-order chi connectivity index (χ0) is 12.9. The van der Waals surface area contributed by atoms with Gasteiger partial charge in [0.15, 0.2) is 0 Å². The molecule has 1 aliphatic heterocycles. The predicted octanol–water partition coefficient (Wildman–Crippen LogP) is 0.624. The second-order valence-corrected chi connectivity index (χ2v) is 5.95. The fraction of sp³-hybridized carbons (Fsp3) is 1.00. The van der Waals surface area contributed by atoms with Crippen molar-refractivity contribution in [3.05, 3.63) is 0 Å². The van der Waals surface area contributed by atoms with Crippen molar-refractivity contribution >= 4 is 0 Å². The van der Waals surface area contributed by atoms with Crippen LogP contribution in [0.3, 0.4) is 0 Å². The summed E-state index contributed by atoms with van der Waals surface area (Å²) in [6.45, 7) is 13.5. The van der Waals surface area contributed by atoms with Gasteiger partial charge in [-0.1, -0.05) is 20.8 Å². The van der Waals surface area contributed by atoms with Crippen molar-refractivity contribution in [2.75, 3.05) is 52.9 Å². The van der Waals surface area contributed by atoms with E-state index >= 15 is 0 Å². The molecular formula is C13H29N3O. The Morgan fingerprint density at radius 3 is 2.71 bits per heavy atom. The lowest BCUT2D eigenvalue weighted by Gasteiger charge is -2.36. The van der Waals surface area contributed by atoms with Crippen LogP contribution in [0.1, 0.15) is 20.8 Å². The lowest BCUT2D eigenvalue weighted by Crippen LogP contribution is -2.48. The maximum atomic E-state index is 5.81. The van der Waals surface area contributed by atoms with Crippen molar-refractivity contribution in [2.45, 2.75) is 26.9 Å². The summed E-state index contributed by atoms with van der Waals surface area (Å²) in [6.07, 6.45) is 0.349. The topological polar surface area (TPSA) is 41.7 Å². The van der Waals surface area contributed by atoms with Gasteiger partial charge in [-0.15, -0.1) is 0 Å². The zero-order valence-electron chi connectivity index (χ0n) is 11.9. The third kappa shape index (κ3) is 5.34. The summed E-state index contributed by atoms with van der Waals surface area (Å²) < 4.78 is 5.81. The molecule has 1 heterocycles. The number of hydrogen-bond acceptors (Lipinski definition) is 4. The Morgan fingerprint density at radius 2 is 2.18 bits per heavy atom. The first kappa shape index (κ1) is 14.9. The van der Waals surface area contributed by atoms with Crippen LogP contribution in [0.5, 0.6) is 0 Å². The van der Waals surface area contributed by atoms with Gasteiger partial charge in [-0.2, -0.15) is 0 Å². The highest BCUT2D eigenvalue weighted by Gasteiger charge is 2.24. The molecule has 0 aromatic carbocycles. The molecule has 1 atom stereocenters. The number of nitrogens with two attached hydrogens (primary N) is 1. The van der Waals surface area contributed by atoms with Crippen molar-refractivity contribution < 1.29 is 4.74 Å². The van der Waals surface area contributed by atoms with Crippen molar-refractivity contribution in [3.8, 4) is 0 Å². The SMILES string of the molecule is CCN(CC1CN(C)CCO1)CC(C)(C)CN. The highest BCUT2D eigenvalue weighted by Crippen LogP contribution is 2.16. The maximum Gasteiger partial charge on any atom is 0.0829 e. The summed E-state index contributed by atoms with van der Waals surface area (Å²) in [5, 5.41) is 0. The Hall–Kier alpha value is -0.160. The molecule has 0 saturated carbocycles. The van der Waals surface area contributed by atoms with Crippen molar-refractivity contribution in [1.82, 2.24) is 9.80 Å². The molecule has 1 unspecified atom stereocenters. The van der Waals surface area contributed by atoms with Gasteiger partial charge < -0.3 is 20.3 Å². The van der Waals surface area contributed by atoms with Crippen LogP contribution in [-0.4, -0.2) is 68.8 Å². The zero-order valence-corrected chi connectivity index (χ0v) is 11.9. The number of likely N-dealkylation sites (N-methyl/N-ethyl adjacent to an activating group) is 2. The quantitative estimate of drug-likeness (QED) is 0.743. The number of hydrogen-bond donors (Lipinski definition) is 1. The molecule has 17 heavy (non-hydrogen) atoms. The molecule has 4 heteroatoms. The van der Waals surface area contributed by atoms with Crippen LogP contribution < -0.4 is 5.73 Å². The Bertz CT molecular complexity index is 221. The van der Waals surface area contributed by atoms with Gasteiger partial charge in [0.25, 0.3) is 0 Å². The molecule has 0 bridgehead atoms. The van der Waals surface area contributed by atoms with Crippen LogP contribution >= 0.6 is 0 Å². The predicted molar refractivity (Wildman–Crippen MR) is 72.2 cm³/mol. The monoisotopic (exact) mass is 243 g/mol. The van der Waals surface area contributed by atoms with Gasteiger partial charge in [-0.25, -0.2) is 0 Å². The Labute approximate surface area is 106 Å². The summed E-state index contributed by atoms with van der Waals surface area (Å²) >= 11 is 0. The first-order valence-electron chi connectivity index (χ1n) is 6.69. The van der Waals surface area contributed by atoms with E-state index in [1.165, 1.54) is 0 Å². The lowest BCUT2D eigenvalue weighted by atomic mass is 9.93. The fourth-order valence-corrected chi connectivity index (χ4v) is 2.24. The molecule has 0 radical (unpaired) electrons. The molecule has 2 N–H and O–H groups in total. The van der Waals surface area contributed by atoms with Gasteiger partial charge >= 0.3 is 0 Å². The second-order valence-electron chi connectivity index (χ2n) is 5.95. The molecular weight excluding hydrogens is 214 g/mol. The van der Waals surface area contributed by atoms with Crippen LogP contribution in [-0.2, 0) is 4.74 Å². The van der Waals surface area contributed by atoms with Gasteiger partial charge in [-0.05, 0) is 25.6 Å². The fourth-order valence-electron chi connectivity index (χ4n) is 2.24. The molecule has 0 amide bonds. The van der Waals surface area contributed by atoms with Crippen molar-refractivity contribution in [2.24, 2.45) is 11.1 Å². The van der Waals surface area contributed by atoms with E-state index in [1.54, 1.807) is 0 Å². The lowest BCUT2D eigenvalue weighted by molar-refractivity contribution is -0.0385. The highest BCUT2D eigenvalue weighted by molar-refractivity contribution is 4.78. The molecule has 1 rings (SSSR count). The van der Waals surface area contributed by atoms with Gasteiger partial charge in [-0.3, -0.25) is 0 Å². The van der Waals surface area contributed by atoms with Crippen LogP contribution in [0.2, 0.25) is 0 Å². The molecule has 1 aliphatic rings. The van der Waals surface area contributed by atoms with Crippen LogP contribution in [0, 0.1) is 5.41 Å². The van der Waals surface area contributed by atoms with Crippen LogP contribution in [0.4, 0.5) is 0 Å². The van der Waals surface area contributed by atoms with Crippen molar-refractivity contribution in [1.29, 1.82) is 0 Å². The molecule has 0 aliphatic carbocycles. The van der Waals surface area contributed by atoms with E-state index in [0.717, 1.165) is 45.9 Å². The van der Waals surface area contributed by atoms with E-state index in [-0.39, 0.29) is 5.41 Å². The summed E-state index contributed by atoms with van der Waals surface area (Å²) in [5.41, 5.74) is 5.99. The Kier molecular flexibility index (Phi) is 5.86. The summed E-state index contributed by atoms with van der Waals surface area (Å²) in [6, 6.07) is 0. The van der Waals surface area contributed by atoms with Crippen LogP contribution in [0.25, 0.3) is 0 Å². The molecule has 1 saturated heterocycles. The van der Waals surface area contributed by atoms with E-state index in [0.29, 0.717) is 6.10 Å². The van der Waals surface area contributed by atoms with Gasteiger partial charge in [0, 0.05) is 26.2 Å². The summed E-state index contributed by atoms with van der Waals surface area (Å²) in [5.74, 6) is 0. The van der Waals surface area contributed by atoms with E-state index in [1.807, 2.05) is 0 Å². The Morgan fingerprint density at radius 1 is 1.47 bits per heavy atom. The van der Waals surface area contributed by atoms with E-state index in [9.17, 15) is 0 Å². The molecule has 4 nitrogen and oxygen atoms in total. The third-order valence-electron chi connectivity index (χ3n) is 3.46. The molecule has 0 aromatic rings. The average molecular weight is 243 g/mol. The van der Waals surface area contributed by atoms with Crippen molar-refractivity contribution in [3.63, 3.8) is 0 Å². The minimum Gasteiger partial charge on any atom is -0.374 e. The number of rotatable bonds is 6. The summed E-state index contributed by atoms with van der Waals surface area (Å²) in [4.78, 5) is 4.80. The molecule has 102 valence electrons. The first-order valence-corrected chi connectivity index (χ1v) is 6.69. The average Bonchev–Trinajstić information content (AvgIpc) is 2.28. The normalized spacial score (nSPS) is 23.3. The highest BCUT2D eigenvalue weighted by atomic mass is 16.5. The van der Waals surface area contributed by atoms with Crippen LogP contribution in [0.15, 0.2) is 0 Å². The first-order chi connectivity index (χ1) is 7.96. The van der Waals surface area contributed by atoms with E-state index < -0.39 is 0 Å². The molecule has 1 fully saturated rings. The largest absolute Gasteiger partial charge is 0.374 e. The van der Waals surface area contributed by atoms with Gasteiger partial charge in [0.05, 0.1) is 12.7 Å². The van der Waals surface area contributed by atoms with E-state index in [2.05, 4.69) is 37.6 Å². The van der Waals surface area contributed by atoms with Gasteiger partial charge in [0.1, 0.15) is 0 Å².